The number of aryl methyl sites for hydroxylation is 1. The number of carbonyl (C=O) groups excluding carboxylic acids is 1. The summed E-state index contributed by atoms with van der Waals surface area (Å²) in [4.78, 5) is 18.1. The fourth-order valence-electron chi connectivity index (χ4n) is 2.76. The summed E-state index contributed by atoms with van der Waals surface area (Å²) in [6.45, 7) is 4.96. The average Bonchev–Trinajstić information content (AvgIpc) is 3.17. The summed E-state index contributed by atoms with van der Waals surface area (Å²) in [5, 5.41) is 7.93. The van der Waals surface area contributed by atoms with Gasteiger partial charge in [-0.15, -0.1) is 11.3 Å². The van der Waals surface area contributed by atoms with Crippen LogP contribution in [0.25, 0.3) is 11.3 Å². The second kappa shape index (κ2) is 6.99. The molecule has 1 aliphatic rings. The monoisotopic (exact) mass is 349 g/mol. The van der Waals surface area contributed by atoms with Crippen LogP contribution in [0.2, 0.25) is 5.02 Å². The van der Waals surface area contributed by atoms with E-state index in [0.717, 1.165) is 40.5 Å². The van der Waals surface area contributed by atoms with E-state index in [9.17, 15) is 4.79 Å². The molecular formula is C17H20ClN3OS. The molecule has 2 N–H and O–H groups in total. The Bertz CT molecular complexity index is 692. The standard InChI is InChI=1S/C17H20ClN3OS/c1-10(20-16(22)14-4-3-9-19-14)17-21-15(11(2)23-17)12-5-7-13(18)8-6-12/h5-8,10,14,19H,3-4,9H2,1-2H3,(H,20,22). The SMILES string of the molecule is Cc1sc(C(C)NC(=O)C2CCCN2)nc1-c1ccc(Cl)cc1. The second-order valence-corrected chi connectivity index (χ2v) is 7.51. The molecule has 2 aromatic rings. The molecule has 0 spiro atoms. The number of rotatable bonds is 4. The van der Waals surface area contributed by atoms with E-state index in [-0.39, 0.29) is 18.0 Å². The molecule has 2 unspecified atom stereocenters. The van der Waals surface area contributed by atoms with Gasteiger partial charge in [0, 0.05) is 15.5 Å². The van der Waals surface area contributed by atoms with Crippen LogP contribution in [0.1, 0.15) is 35.7 Å². The lowest BCUT2D eigenvalue weighted by molar-refractivity contribution is -0.123. The predicted octanol–water partition coefficient (Wildman–Crippen LogP) is 3.70. The third-order valence-electron chi connectivity index (χ3n) is 4.04. The van der Waals surface area contributed by atoms with Gasteiger partial charge in [-0.2, -0.15) is 0 Å². The Morgan fingerprint density at radius 3 is 2.83 bits per heavy atom. The predicted molar refractivity (Wildman–Crippen MR) is 94.9 cm³/mol. The summed E-state index contributed by atoms with van der Waals surface area (Å²) in [5.74, 6) is 0.0656. The molecule has 1 aliphatic heterocycles. The summed E-state index contributed by atoms with van der Waals surface area (Å²) < 4.78 is 0. The Hall–Kier alpha value is -1.43. The third-order valence-corrected chi connectivity index (χ3v) is 5.44. The number of carbonyl (C=O) groups is 1. The first-order chi connectivity index (χ1) is 11.0. The minimum absolute atomic E-state index is 0.0609. The smallest absolute Gasteiger partial charge is 0.237 e. The molecule has 1 saturated heterocycles. The number of amides is 1. The summed E-state index contributed by atoms with van der Waals surface area (Å²) in [6.07, 6.45) is 1.97. The number of nitrogens with zero attached hydrogens (tertiary/aromatic N) is 1. The molecule has 2 heterocycles. The fraction of sp³-hybridized carbons (Fsp3) is 0.412. The van der Waals surface area contributed by atoms with Crippen molar-refractivity contribution in [3.05, 3.63) is 39.2 Å². The Kier molecular flexibility index (Phi) is 4.99. The van der Waals surface area contributed by atoms with E-state index < -0.39 is 0 Å². The first kappa shape index (κ1) is 16.4. The lowest BCUT2D eigenvalue weighted by Gasteiger charge is -2.15. The van der Waals surface area contributed by atoms with Gasteiger partial charge in [0.05, 0.1) is 17.8 Å². The number of hydrogen-bond donors (Lipinski definition) is 2. The van der Waals surface area contributed by atoms with Crippen LogP contribution in [0.5, 0.6) is 0 Å². The molecule has 1 amide bonds. The van der Waals surface area contributed by atoms with Crippen LogP contribution >= 0.6 is 22.9 Å². The molecule has 1 aromatic heterocycles. The molecule has 0 saturated carbocycles. The number of thiazole rings is 1. The van der Waals surface area contributed by atoms with E-state index in [1.807, 2.05) is 31.2 Å². The van der Waals surface area contributed by atoms with Crippen molar-refractivity contribution in [2.75, 3.05) is 6.54 Å². The van der Waals surface area contributed by atoms with Gasteiger partial charge < -0.3 is 10.6 Å². The fourth-order valence-corrected chi connectivity index (χ4v) is 3.83. The van der Waals surface area contributed by atoms with Crippen molar-refractivity contribution in [1.29, 1.82) is 0 Å². The molecular weight excluding hydrogens is 330 g/mol. The maximum absolute atomic E-state index is 12.2. The lowest BCUT2D eigenvalue weighted by atomic mass is 10.1. The van der Waals surface area contributed by atoms with Crippen molar-refractivity contribution in [1.82, 2.24) is 15.6 Å². The van der Waals surface area contributed by atoms with Gasteiger partial charge in [0.25, 0.3) is 0 Å². The maximum Gasteiger partial charge on any atom is 0.237 e. The molecule has 2 atom stereocenters. The van der Waals surface area contributed by atoms with Crippen LogP contribution in [-0.4, -0.2) is 23.5 Å². The highest BCUT2D eigenvalue weighted by Gasteiger charge is 2.24. The van der Waals surface area contributed by atoms with Crippen LogP contribution in [0.15, 0.2) is 24.3 Å². The third kappa shape index (κ3) is 3.74. The maximum atomic E-state index is 12.2. The van der Waals surface area contributed by atoms with E-state index in [0.29, 0.717) is 5.02 Å². The normalized spacial score (nSPS) is 18.8. The first-order valence-electron chi connectivity index (χ1n) is 7.81. The zero-order valence-electron chi connectivity index (χ0n) is 13.2. The van der Waals surface area contributed by atoms with Gasteiger partial charge in [-0.1, -0.05) is 23.7 Å². The number of halogens is 1. The van der Waals surface area contributed by atoms with Crippen molar-refractivity contribution in [2.24, 2.45) is 0 Å². The Morgan fingerprint density at radius 1 is 1.43 bits per heavy atom. The molecule has 3 rings (SSSR count). The van der Waals surface area contributed by atoms with Gasteiger partial charge in [0.2, 0.25) is 5.91 Å². The lowest BCUT2D eigenvalue weighted by Crippen LogP contribution is -2.41. The van der Waals surface area contributed by atoms with Gasteiger partial charge in [0.15, 0.2) is 0 Å². The molecule has 6 heteroatoms. The summed E-state index contributed by atoms with van der Waals surface area (Å²) in [6, 6.07) is 7.53. The molecule has 1 fully saturated rings. The van der Waals surface area contributed by atoms with Crippen LogP contribution < -0.4 is 10.6 Å². The average molecular weight is 350 g/mol. The number of benzene rings is 1. The van der Waals surface area contributed by atoms with Crippen molar-refractivity contribution in [3.8, 4) is 11.3 Å². The van der Waals surface area contributed by atoms with Crippen LogP contribution in [0, 0.1) is 6.92 Å². The number of hydrogen-bond acceptors (Lipinski definition) is 4. The van der Waals surface area contributed by atoms with E-state index in [2.05, 4.69) is 17.6 Å². The van der Waals surface area contributed by atoms with Crippen LogP contribution in [0.4, 0.5) is 0 Å². The van der Waals surface area contributed by atoms with E-state index in [4.69, 9.17) is 16.6 Å². The number of nitrogens with one attached hydrogen (secondary N) is 2. The Morgan fingerprint density at radius 2 is 2.17 bits per heavy atom. The van der Waals surface area contributed by atoms with Gasteiger partial charge in [-0.3, -0.25) is 4.79 Å². The van der Waals surface area contributed by atoms with Crippen LogP contribution in [-0.2, 0) is 4.79 Å². The highest BCUT2D eigenvalue weighted by atomic mass is 35.5. The van der Waals surface area contributed by atoms with Gasteiger partial charge >= 0.3 is 0 Å². The largest absolute Gasteiger partial charge is 0.346 e. The minimum atomic E-state index is -0.0883. The molecule has 0 radical (unpaired) electrons. The molecule has 122 valence electrons. The van der Waals surface area contributed by atoms with E-state index in [1.54, 1.807) is 11.3 Å². The van der Waals surface area contributed by atoms with E-state index >= 15 is 0 Å². The molecule has 23 heavy (non-hydrogen) atoms. The molecule has 0 aliphatic carbocycles. The van der Waals surface area contributed by atoms with Gasteiger partial charge in [0.1, 0.15) is 5.01 Å². The summed E-state index contributed by atoms with van der Waals surface area (Å²) >= 11 is 7.57. The second-order valence-electron chi connectivity index (χ2n) is 5.84. The van der Waals surface area contributed by atoms with Crippen molar-refractivity contribution >= 4 is 28.8 Å². The Balaban J connectivity index is 1.74. The van der Waals surface area contributed by atoms with Crippen molar-refractivity contribution in [2.45, 2.75) is 38.8 Å². The topological polar surface area (TPSA) is 54.0 Å². The van der Waals surface area contributed by atoms with Crippen molar-refractivity contribution in [3.63, 3.8) is 0 Å². The zero-order valence-corrected chi connectivity index (χ0v) is 14.8. The van der Waals surface area contributed by atoms with Gasteiger partial charge in [-0.05, 0) is 45.4 Å². The van der Waals surface area contributed by atoms with Crippen LogP contribution in [0.3, 0.4) is 0 Å². The highest BCUT2D eigenvalue weighted by Crippen LogP contribution is 2.31. The zero-order chi connectivity index (χ0) is 16.4. The van der Waals surface area contributed by atoms with Crippen molar-refractivity contribution < 1.29 is 4.79 Å². The Labute approximate surface area is 145 Å². The molecule has 1 aromatic carbocycles. The molecule has 0 bridgehead atoms. The highest BCUT2D eigenvalue weighted by molar-refractivity contribution is 7.12. The number of aromatic nitrogens is 1. The summed E-state index contributed by atoms with van der Waals surface area (Å²) in [5.41, 5.74) is 2.01. The molecule has 4 nitrogen and oxygen atoms in total. The van der Waals surface area contributed by atoms with Gasteiger partial charge in [-0.25, -0.2) is 4.98 Å². The summed E-state index contributed by atoms with van der Waals surface area (Å²) in [7, 11) is 0. The first-order valence-corrected chi connectivity index (χ1v) is 9.01. The van der Waals surface area contributed by atoms with E-state index in [1.165, 1.54) is 0 Å². The minimum Gasteiger partial charge on any atom is -0.346 e. The quantitative estimate of drug-likeness (QED) is 0.884.